The minimum atomic E-state index is -0.549. The van der Waals surface area contributed by atoms with Crippen LogP contribution in [0.25, 0.3) is 0 Å². The second-order valence-corrected chi connectivity index (χ2v) is 11.4. The fourth-order valence-corrected chi connectivity index (χ4v) is 7.33. The molecule has 0 aromatic heterocycles. The predicted molar refractivity (Wildman–Crippen MR) is 124 cm³/mol. The molecule has 0 unspecified atom stereocenters. The van der Waals surface area contributed by atoms with E-state index in [2.05, 4.69) is 22.8 Å². The molecule has 4 bridgehead atoms. The number of ether oxygens (including phenoxy) is 1. The van der Waals surface area contributed by atoms with E-state index in [4.69, 9.17) is 4.74 Å². The van der Waals surface area contributed by atoms with Crippen molar-refractivity contribution in [3.8, 4) is 0 Å². The van der Waals surface area contributed by atoms with Crippen LogP contribution in [0.3, 0.4) is 0 Å². The van der Waals surface area contributed by atoms with Crippen LogP contribution in [0.2, 0.25) is 0 Å². The lowest BCUT2D eigenvalue weighted by Crippen LogP contribution is -2.51. The van der Waals surface area contributed by atoms with E-state index < -0.39 is 6.04 Å². The number of carbonyl (C=O) groups is 2. The van der Waals surface area contributed by atoms with Gasteiger partial charge in [0.25, 0.3) is 5.91 Å². The maximum Gasteiger partial charge on any atom is 0.251 e. The van der Waals surface area contributed by atoms with Gasteiger partial charge in [0.05, 0.1) is 6.10 Å². The molecule has 1 aromatic rings. The molecule has 5 fully saturated rings. The molecule has 5 nitrogen and oxygen atoms in total. The van der Waals surface area contributed by atoms with E-state index in [9.17, 15) is 9.59 Å². The van der Waals surface area contributed by atoms with Crippen molar-refractivity contribution in [1.29, 1.82) is 0 Å². The molecule has 32 heavy (non-hydrogen) atoms. The predicted octanol–water partition coefficient (Wildman–Crippen LogP) is 4.20. The summed E-state index contributed by atoms with van der Waals surface area (Å²) in [6.45, 7) is 5.21. The smallest absolute Gasteiger partial charge is 0.251 e. The SMILES string of the molecule is CC(C)[C@H](NC(=O)c1ccc(C23CC4CC(CC(C4)C2)C3)cc1)C(=O)NC[C@H]1CCCO1. The Morgan fingerprint density at radius 1 is 1.03 bits per heavy atom. The summed E-state index contributed by atoms with van der Waals surface area (Å²) in [5.74, 6) is 2.43. The van der Waals surface area contributed by atoms with Gasteiger partial charge in [-0.1, -0.05) is 26.0 Å². The first-order chi connectivity index (χ1) is 15.4. The monoisotopic (exact) mass is 438 g/mol. The Morgan fingerprint density at radius 3 is 2.19 bits per heavy atom. The zero-order chi connectivity index (χ0) is 22.3. The molecule has 174 valence electrons. The summed E-state index contributed by atoms with van der Waals surface area (Å²) in [5.41, 5.74) is 2.39. The second kappa shape index (κ2) is 8.81. The Morgan fingerprint density at radius 2 is 1.66 bits per heavy atom. The third-order valence-electron chi connectivity index (χ3n) is 8.56. The van der Waals surface area contributed by atoms with Gasteiger partial charge in [0.1, 0.15) is 6.04 Å². The van der Waals surface area contributed by atoms with Gasteiger partial charge in [-0.2, -0.15) is 0 Å². The Balaban J connectivity index is 1.22. The summed E-state index contributed by atoms with van der Waals surface area (Å²) < 4.78 is 5.59. The standard InChI is InChI=1S/C27H38N2O3/c1-17(2)24(26(31)28-16-23-4-3-9-32-23)29-25(30)21-5-7-22(8-6-21)27-13-18-10-19(14-27)12-20(11-18)15-27/h5-8,17-20,23-24H,3-4,9-16H2,1-2H3,(H,28,31)(H,29,30)/t18?,19?,20?,23-,24+,27?/m1/s1. The lowest BCUT2D eigenvalue weighted by atomic mass is 9.48. The van der Waals surface area contributed by atoms with Crippen molar-refractivity contribution in [2.75, 3.05) is 13.2 Å². The molecule has 0 spiro atoms. The van der Waals surface area contributed by atoms with Gasteiger partial charge in [-0.15, -0.1) is 0 Å². The molecular weight excluding hydrogens is 400 g/mol. The average Bonchev–Trinajstić information content (AvgIpc) is 3.28. The Bertz CT molecular complexity index is 806. The van der Waals surface area contributed by atoms with Crippen LogP contribution in [-0.2, 0) is 14.9 Å². The Hall–Kier alpha value is -1.88. The van der Waals surface area contributed by atoms with Gasteiger partial charge in [0.2, 0.25) is 5.91 Å². The minimum Gasteiger partial charge on any atom is -0.376 e. The normalized spacial score (nSPS) is 34.0. The molecule has 2 atom stereocenters. The molecule has 5 heteroatoms. The number of hydrogen-bond acceptors (Lipinski definition) is 3. The van der Waals surface area contributed by atoms with Gasteiger partial charge >= 0.3 is 0 Å². The van der Waals surface area contributed by atoms with E-state index in [1.807, 2.05) is 26.0 Å². The van der Waals surface area contributed by atoms with E-state index in [0.717, 1.165) is 37.2 Å². The minimum absolute atomic E-state index is 0.00902. The van der Waals surface area contributed by atoms with Crippen LogP contribution in [0.5, 0.6) is 0 Å². The number of carbonyl (C=O) groups excluding carboxylic acids is 2. The molecule has 5 aliphatic rings. The van der Waals surface area contributed by atoms with E-state index in [1.54, 1.807) is 0 Å². The van der Waals surface area contributed by atoms with Crippen molar-refractivity contribution in [2.45, 2.75) is 82.8 Å². The van der Waals surface area contributed by atoms with Crippen LogP contribution >= 0.6 is 0 Å². The zero-order valence-corrected chi connectivity index (χ0v) is 19.6. The molecule has 4 saturated carbocycles. The summed E-state index contributed by atoms with van der Waals surface area (Å²) in [6.07, 6.45) is 10.4. The van der Waals surface area contributed by atoms with E-state index in [1.165, 1.54) is 44.1 Å². The average molecular weight is 439 g/mol. The van der Waals surface area contributed by atoms with E-state index >= 15 is 0 Å². The van der Waals surface area contributed by atoms with Crippen LogP contribution in [0.4, 0.5) is 0 Å². The van der Waals surface area contributed by atoms with Crippen molar-refractivity contribution in [3.05, 3.63) is 35.4 Å². The van der Waals surface area contributed by atoms with Gasteiger partial charge in [-0.25, -0.2) is 0 Å². The quantitative estimate of drug-likeness (QED) is 0.670. The maximum atomic E-state index is 13.0. The van der Waals surface area contributed by atoms with Crippen LogP contribution in [0.1, 0.15) is 81.1 Å². The van der Waals surface area contributed by atoms with Crippen LogP contribution < -0.4 is 10.6 Å². The van der Waals surface area contributed by atoms with Crippen molar-refractivity contribution in [3.63, 3.8) is 0 Å². The highest BCUT2D eigenvalue weighted by Gasteiger charge is 2.51. The van der Waals surface area contributed by atoms with Crippen LogP contribution in [-0.4, -0.2) is 37.1 Å². The van der Waals surface area contributed by atoms with Crippen LogP contribution in [0, 0.1) is 23.7 Å². The molecule has 1 saturated heterocycles. The lowest BCUT2D eigenvalue weighted by molar-refractivity contribution is -0.124. The molecule has 2 N–H and O–H groups in total. The summed E-state index contributed by atoms with van der Waals surface area (Å²) in [4.78, 5) is 25.7. The molecule has 1 aliphatic heterocycles. The molecular formula is C27H38N2O3. The number of benzene rings is 1. The highest BCUT2D eigenvalue weighted by atomic mass is 16.5. The maximum absolute atomic E-state index is 13.0. The third-order valence-corrected chi connectivity index (χ3v) is 8.56. The highest BCUT2D eigenvalue weighted by Crippen LogP contribution is 2.60. The van der Waals surface area contributed by atoms with Gasteiger partial charge in [-0.3, -0.25) is 9.59 Å². The highest BCUT2D eigenvalue weighted by molar-refractivity contribution is 5.97. The molecule has 6 rings (SSSR count). The summed E-state index contributed by atoms with van der Waals surface area (Å²) >= 11 is 0. The van der Waals surface area contributed by atoms with Gasteiger partial charge in [0.15, 0.2) is 0 Å². The lowest BCUT2D eigenvalue weighted by Gasteiger charge is -2.57. The van der Waals surface area contributed by atoms with Crippen LogP contribution in [0.15, 0.2) is 24.3 Å². The summed E-state index contributed by atoms with van der Waals surface area (Å²) in [7, 11) is 0. The fraction of sp³-hybridized carbons (Fsp3) is 0.704. The van der Waals surface area contributed by atoms with E-state index in [0.29, 0.717) is 17.5 Å². The van der Waals surface area contributed by atoms with Crippen molar-refractivity contribution < 1.29 is 14.3 Å². The van der Waals surface area contributed by atoms with E-state index in [-0.39, 0.29) is 23.8 Å². The van der Waals surface area contributed by atoms with Gasteiger partial charge in [-0.05, 0) is 98.1 Å². The number of nitrogens with one attached hydrogen (secondary N) is 2. The van der Waals surface area contributed by atoms with Gasteiger partial charge in [0, 0.05) is 18.7 Å². The number of amides is 2. The second-order valence-electron chi connectivity index (χ2n) is 11.4. The Labute approximate surface area is 192 Å². The molecule has 4 aliphatic carbocycles. The summed E-state index contributed by atoms with van der Waals surface area (Å²) in [6, 6.07) is 7.75. The number of rotatable bonds is 7. The topological polar surface area (TPSA) is 67.4 Å². The van der Waals surface area contributed by atoms with Crippen molar-refractivity contribution in [2.24, 2.45) is 23.7 Å². The molecule has 2 amide bonds. The van der Waals surface area contributed by atoms with Crippen molar-refractivity contribution >= 4 is 11.8 Å². The molecule has 0 radical (unpaired) electrons. The molecule has 1 aromatic carbocycles. The fourth-order valence-electron chi connectivity index (χ4n) is 7.33. The largest absolute Gasteiger partial charge is 0.376 e. The summed E-state index contributed by atoms with van der Waals surface area (Å²) in [5, 5.41) is 5.94. The Kier molecular flexibility index (Phi) is 6.04. The third kappa shape index (κ3) is 4.33. The zero-order valence-electron chi connectivity index (χ0n) is 19.6. The first kappa shape index (κ1) is 21.9. The first-order valence-electron chi connectivity index (χ1n) is 12.7. The van der Waals surface area contributed by atoms with Crippen molar-refractivity contribution in [1.82, 2.24) is 10.6 Å². The molecule has 1 heterocycles. The first-order valence-corrected chi connectivity index (χ1v) is 12.7. The number of hydrogen-bond donors (Lipinski definition) is 2. The van der Waals surface area contributed by atoms with Gasteiger partial charge < -0.3 is 15.4 Å².